The lowest BCUT2D eigenvalue weighted by molar-refractivity contribution is -0.130. The first-order chi connectivity index (χ1) is 17.1. The lowest BCUT2D eigenvalue weighted by Crippen LogP contribution is -2.30. The van der Waals surface area contributed by atoms with Crippen molar-refractivity contribution in [2.75, 3.05) is 6.61 Å². The summed E-state index contributed by atoms with van der Waals surface area (Å²) in [6.45, 7) is 2.93. The van der Waals surface area contributed by atoms with Gasteiger partial charge in [-0.25, -0.2) is 0 Å². The van der Waals surface area contributed by atoms with Crippen LogP contribution in [0.4, 0.5) is 0 Å². The van der Waals surface area contributed by atoms with Crippen molar-refractivity contribution in [3.63, 3.8) is 0 Å². The van der Waals surface area contributed by atoms with Gasteiger partial charge in [-0.15, -0.1) is 0 Å². The number of hydrogen-bond donors (Lipinski definition) is 1. The maximum Gasteiger partial charge on any atom is 0.290 e. The summed E-state index contributed by atoms with van der Waals surface area (Å²) in [5.41, 5.74) is 2.42. The van der Waals surface area contributed by atoms with Crippen molar-refractivity contribution >= 4 is 17.8 Å². The number of aromatic nitrogens is 1. The van der Waals surface area contributed by atoms with Gasteiger partial charge in [0, 0.05) is 18.9 Å². The summed E-state index contributed by atoms with van der Waals surface area (Å²) in [6, 6.07) is 19.6. The van der Waals surface area contributed by atoms with E-state index >= 15 is 0 Å². The molecule has 1 unspecified atom stereocenters. The Morgan fingerprint density at radius 2 is 1.86 bits per heavy atom. The minimum Gasteiger partial charge on any atom is -0.503 e. The fourth-order valence-electron chi connectivity index (χ4n) is 4.01. The van der Waals surface area contributed by atoms with E-state index in [4.69, 9.17) is 4.74 Å². The smallest absolute Gasteiger partial charge is 0.290 e. The third-order valence-corrected chi connectivity index (χ3v) is 5.83. The molecule has 0 spiro atoms. The number of aliphatic hydroxyl groups excluding tert-OH is 1. The highest BCUT2D eigenvalue weighted by molar-refractivity contribution is 6.14. The van der Waals surface area contributed by atoms with Gasteiger partial charge in [0.2, 0.25) is 0 Å². The number of amides is 1. The summed E-state index contributed by atoms with van der Waals surface area (Å²) in [6.07, 6.45) is 8.40. The standard InChI is InChI=1S/C29H28N2O4/c1-2-3-18-35-24-14-12-23(13-15-24)27-26(25(32)16-11-21-8-5-4-6-9-21)28(33)29(34)31(27)20-22-10-7-17-30-19-22/h4-17,19,27,33H,2-3,18,20H2,1H3. The van der Waals surface area contributed by atoms with Crippen LogP contribution < -0.4 is 4.74 Å². The van der Waals surface area contributed by atoms with Gasteiger partial charge < -0.3 is 14.7 Å². The van der Waals surface area contributed by atoms with Gasteiger partial charge in [-0.2, -0.15) is 0 Å². The highest BCUT2D eigenvalue weighted by atomic mass is 16.5. The van der Waals surface area contributed by atoms with E-state index in [0.29, 0.717) is 12.2 Å². The molecule has 1 atom stereocenters. The number of aliphatic hydroxyl groups is 1. The normalized spacial score (nSPS) is 15.7. The molecule has 1 aliphatic rings. The van der Waals surface area contributed by atoms with Crippen LogP contribution in [0.3, 0.4) is 0 Å². The quantitative estimate of drug-likeness (QED) is 0.317. The number of carbonyl (C=O) groups excluding carboxylic acids is 2. The zero-order chi connectivity index (χ0) is 24.6. The Balaban J connectivity index is 1.66. The molecule has 178 valence electrons. The molecule has 0 saturated heterocycles. The number of nitrogens with zero attached hydrogens (tertiary/aromatic N) is 2. The van der Waals surface area contributed by atoms with E-state index in [1.54, 1.807) is 24.5 Å². The summed E-state index contributed by atoms with van der Waals surface area (Å²) in [5, 5.41) is 10.8. The molecular formula is C29H28N2O4. The van der Waals surface area contributed by atoms with Crippen molar-refractivity contribution in [2.24, 2.45) is 0 Å². The van der Waals surface area contributed by atoms with Crippen molar-refractivity contribution in [3.05, 3.63) is 113 Å². The molecule has 0 bridgehead atoms. The predicted molar refractivity (Wildman–Crippen MR) is 135 cm³/mol. The number of carbonyl (C=O) groups is 2. The molecule has 1 aromatic heterocycles. The van der Waals surface area contributed by atoms with Crippen LogP contribution in [0.5, 0.6) is 5.75 Å². The molecule has 2 heterocycles. The second-order valence-corrected chi connectivity index (χ2v) is 8.34. The number of unbranched alkanes of at least 4 members (excludes halogenated alkanes) is 1. The molecule has 3 aromatic rings. The maximum atomic E-state index is 13.3. The van der Waals surface area contributed by atoms with Gasteiger partial charge in [0.05, 0.1) is 18.2 Å². The lowest BCUT2D eigenvalue weighted by Gasteiger charge is -2.26. The van der Waals surface area contributed by atoms with Gasteiger partial charge in [-0.1, -0.05) is 68.0 Å². The third-order valence-electron chi connectivity index (χ3n) is 5.83. The Hall–Kier alpha value is -4.19. The van der Waals surface area contributed by atoms with E-state index in [2.05, 4.69) is 11.9 Å². The Bertz CT molecular complexity index is 1220. The molecule has 1 aliphatic heterocycles. The summed E-state index contributed by atoms with van der Waals surface area (Å²) in [4.78, 5) is 32.0. The van der Waals surface area contributed by atoms with Gasteiger partial charge in [0.15, 0.2) is 11.5 Å². The van der Waals surface area contributed by atoms with Gasteiger partial charge >= 0.3 is 0 Å². The van der Waals surface area contributed by atoms with Gasteiger partial charge in [0.1, 0.15) is 5.75 Å². The van der Waals surface area contributed by atoms with Crippen molar-refractivity contribution in [2.45, 2.75) is 32.4 Å². The van der Waals surface area contributed by atoms with Crippen LogP contribution in [0.25, 0.3) is 6.08 Å². The molecule has 6 nitrogen and oxygen atoms in total. The van der Waals surface area contributed by atoms with Gasteiger partial charge in [0.25, 0.3) is 5.91 Å². The van der Waals surface area contributed by atoms with Crippen LogP contribution in [0.2, 0.25) is 0 Å². The Morgan fingerprint density at radius 3 is 2.54 bits per heavy atom. The minimum atomic E-state index is -0.736. The van der Waals surface area contributed by atoms with E-state index in [0.717, 1.165) is 29.7 Å². The first kappa shape index (κ1) is 24.0. The molecular weight excluding hydrogens is 440 g/mol. The first-order valence-corrected chi connectivity index (χ1v) is 11.7. The van der Waals surface area contributed by atoms with Crippen LogP contribution in [-0.2, 0) is 16.1 Å². The topological polar surface area (TPSA) is 79.7 Å². The van der Waals surface area contributed by atoms with E-state index in [1.165, 1.54) is 11.0 Å². The lowest BCUT2D eigenvalue weighted by atomic mass is 9.95. The van der Waals surface area contributed by atoms with E-state index < -0.39 is 23.5 Å². The molecule has 4 rings (SSSR count). The second-order valence-electron chi connectivity index (χ2n) is 8.34. The monoisotopic (exact) mass is 468 g/mol. The average molecular weight is 469 g/mol. The highest BCUT2D eigenvalue weighted by Crippen LogP contribution is 2.39. The number of benzene rings is 2. The molecule has 35 heavy (non-hydrogen) atoms. The third kappa shape index (κ3) is 5.66. The summed E-state index contributed by atoms with van der Waals surface area (Å²) in [7, 11) is 0. The predicted octanol–water partition coefficient (Wildman–Crippen LogP) is 5.44. The van der Waals surface area contributed by atoms with Crippen LogP contribution in [0.15, 0.2) is 96.5 Å². The SMILES string of the molecule is CCCCOc1ccc(C2C(C(=O)C=Cc3ccccc3)=C(O)C(=O)N2Cc2cccnc2)cc1. The molecule has 1 N–H and O–H groups in total. The first-order valence-electron chi connectivity index (χ1n) is 11.7. The van der Waals surface area contributed by atoms with E-state index in [1.807, 2.05) is 60.7 Å². The van der Waals surface area contributed by atoms with Crippen molar-refractivity contribution in [3.8, 4) is 5.75 Å². The minimum absolute atomic E-state index is 0.0609. The van der Waals surface area contributed by atoms with Crippen molar-refractivity contribution < 1.29 is 19.4 Å². The van der Waals surface area contributed by atoms with Crippen LogP contribution in [0.1, 0.15) is 42.5 Å². The van der Waals surface area contributed by atoms with E-state index in [-0.39, 0.29) is 12.1 Å². The number of rotatable bonds is 10. The Labute approximate surface area is 205 Å². The largest absolute Gasteiger partial charge is 0.503 e. The summed E-state index contributed by atoms with van der Waals surface area (Å²) >= 11 is 0. The average Bonchev–Trinajstić information content (AvgIpc) is 3.14. The molecule has 2 aromatic carbocycles. The van der Waals surface area contributed by atoms with Crippen molar-refractivity contribution in [1.29, 1.82) is 0 Å². The Kier molecular flexibility index (Phi) is 7.73. The van der Waals surface area contributed by atoms with Gasteiger partial charge in [-0.3, -0.25) is 14.6 Å². The Morgan fingerprint density at radius 1 is 1.09 bits per heavy atom. The molecule has 1 amide bonds. The van der Waals surface area contributed by atoms with E-state index in [9.17, 15) is 14.7 Å². The molecule has 0 radical (unpaired) electrons. The number of ether oxygens (including phenoxy) is 1. The summed E-state index contributed by atoms with van der Waals surface area (Å²) < 4.78 is 5.76. The molecule has 0 saturated carbocycles. The number of pyridine rings is 1. The fraction of sp³-hybridized carbons (Fsp3) is 0.207. The van der Waals surface area contributed by atoms with Crippen LogP contribution in [0, 0.1) is 0 Å². The number of hydrogen-bond acceptors (Lipinski definition) is 5. The zero-order valence-electron chi connectivity index (χ0n) is 19.6. The molecule has 0 fully saturated rings. The fourth-order valence-corrected chi connectivity index (χ4v) is 4.01. The molecule has 0 aliphatic carbocycles. The van der Waals surface area contributed by atoms with Crippen molar-refractivity contribution in [1.82, 2.24) is 9.88 Å². The number of ketones is 1. The van der Waals surface area contributed by atoms with Gasteiger partial charge in [-0.05, 0) is 47.4 Å². The summed E-state index contributed by atoms with van der Waals surface area (Å²) in [5.74, 6) is -0.805. The van der Waals surface area contributed by atoms with Crippen LogP contribution in [-0.4, -0.2) is 33.3 Å². The van der Waals surface area contributed by atoms with Crippen LogP contribution >= 0.6 is 0 Å². The molecule has 6 heteroatoms. The second kappa shape index (κ2) is 11.3. The highest BCUT2D eigenvalue weighted by Gasteiger charge is 2.42. The maximum absolute atomic E-state index is 13.3. The zero-order valence-corrected chi connectivity index (χ0v) is 19.6. The number of allylic oxidation sites excluding steroid dienone is 1.